The highest BCUT2D eigenvalue weighted by molar-refractivity contribution is 7.90. The van der Waals surface area contributed by atoms with Crippen molar-refractivity contribution in [1.82, 2.24) is 0 Å². The molecule has 0 aromatic carbocycles. The van der Waals surface area contributed by atoms with Crippen molar-refractivity contribution in [2.75, 3.05) is 18.6 Å². The second-order valence-corrected chi connectivity index (χ2v) is 3.56. The molecule has 0 aromatic heterocycles. The lowest BCUT2D eigenvalue weighted by Crippen LogP contribution is -2.19. The van der Waals surface area contributed by atoms with E-state index in [1.54, 1.807) is 6.26 Å². The molecule has 0 heterocycles. The van der Waals surface area contributed by atoms with Gasteiger partial charge in [-0.25, -0.2) is 0 Å². The molecular weight excluding hydrogens is 122 g/mol. The van der Waals surface area contributed by atoms with Gasteiger partial charge in [-0.2, -0.15) is 0 Å². The quantitative estimate of drug-likeness (QED) is 0.552. The molecule has 2 nitrogen and oxygen atoms in total. The number of nitrogens with two attached hydrogens (primary N) is 1. The van der Waals surface area contributed by atoms with E-state index in [4.69, 9.17) is 5.73 Å². The first-order chi connectivity index (χ1) is 3.66. The zero-order valence-electron chi connectivity index (χ0n) is 5.39. The Morgan fingerprint density at radius 1 is 1.75 bits per heavy atom. The molecule has 3 heteroatoms. The Bertz CT molecular complexity index is 58.4. The number of rotatable bonds is 3. The van der Waals surface area contributed by atoms with Crippen LogP contribution >= 0.6 is 0 Å². The van der Waals surface area contributed by atoms with E-state index in [1.807, 2.05) is 6.92 Å². The van der Waals surface area contributed by atoms with Crippen LogP contribution in [0.3, 0.4) is 0 Å². The summed E-state index contributed by atoms with van der Waals surface area (Å²) in [6, 6.07) is 0. The molecule has 0 saturated carbocycles. The fraction of sp³-hybridized carbons (Fsp3) is 1.00. The average molecular weight is 135 g/mol. The molecule has 0 bridgehead atoms. The van der Waals surface area contributed by atoms with E-state index in [1.165, 1.54) is 0 Å². The first-order valence-corrected chi connectivity index (χ1v) is 4.39. The summed E-state index contributed by atoms with van der Waals surface area (Å²) in [5, 5.41) is 0. The van der Waals surface area contributed by atoms with Crippen molar-refractivity contribution < 1.29 is 4.55 Å². The third-order valence-electron chi connectivity index (χ3n) is 0.922. The van der Waals surface area contributed by atoms with E-state index in [0.29, 0.717) is 12.5 Å². The van der Waals surface area contributed by atoms with Gasteiger partial charge >= 0.3 is 0 Å². The van der Waals surface area contributed by atoms with Gasteiger partial charge in [-0.3, -0.25) is 0 Å². The molecule has 0 radical (unpaired) electrons. The number of hydrogen-bond donors (Lipinski definition) is 1. The van der Waals surface area contributed by atoms with Gasteiger partial charge < -0.3 is 10.3 Å². The summed E-state index contributed by atoms with van der Waals surface area (Å²) in [6.45, 7) is 2.64. The van der Waals surface area contributed by atoms with E-state index in [0.717, 1.165) is 5.75 Å². The minimum atomic E-state index is -0.676. The second-order valence-electron chi connectivity index (χ2n) is 2.08. The second kappa shape index (κ2) is 4.18. The summed E-state index contributed by atoms with van der Waals surface area (Å²) in [5.41, 5.74) is 5.29. The monoisotopic (exact) mass is 135 g/mol. The third kappa shape index (κ3) is 4.43. The van der Waals surface area contributed by atoms with Crippen molar-refractivity contribution in [3.63, 3.8) is 0 Å². The Hall–Kier alpha value is 0.270. The summed E-state index contributed by atoms with van der Waals surface area (Å²) < 4.78 is 10.5. The van der Waals surface area contributed by atoms with Crippen LogP contribution in [0.25, 0.3) is 0 Å². The largest absolute Gasteiger partial charge is 0.617 e. The Morgan fingerprint density at radius 2 is 2.25 bits per heavy atom. The van der Waals surface area contributed by atoms with Gasteiger partial charge in [0.2, 0.25) is 0 Å². The lowest BCUT2D eigenvalue weighted by molar-refractivity contribution is 0.578. The van der Waals surface area contributed by atoms with Crippen LogP contribution in [0.15, 0.2) is 0 Å². The van der Waals surface area contributed by atoms with Crippen molar-refractivity contribution in [2.45, 2.75) is 6.92 Å². The standard InChI is InChI=1S/C5H13NOS/c1-5(3-6)4-8(2)7/h5H,3-4,6H2,1-2H3. The highest BCUT2D eigenvalue weighted by Crippen LogP contribution is 1.95. The van der Waals surface area contributed by atoms with E-state index < -0.39 is 11.2 Å². The normalized spacial score (nSPS) is 18.0. The molecule has 0 fully saturated rings. The fourth-order valence-electron chi connectivity index (χ4n) is 0.469. The van der Waals surface area contributed by atoms with Crippen molar-refractivity contribution in [3.8, 4) is 0 Å². The first-order valence-electron chi connectivity index (χ1n) is 2.67. The highest BCUT2D eigenvalue weighted by Gasteiger charge is 2.04. The topological polar surface area (TPSA) is 49.1 Å². The zero-order chi connectivity index (χ0) is 6.57. The molecule has 0 aliphatic rings. The van der Waals surface area contributed by atoms with Crippen LogP contribution in [0, 0.1) is 5.92 Å². The molecule has 0 spiro atoms. The molecule has 0 saturated heterocycles. The van der Waals surface area contributed by atoms with Gasteiger partial charge in [0.1, 0.15) is 5.75 Å². The summed E-state index contributed by atoms with van der Waals surface area (Å²) in [7, 11) is 0. The van der Waals surface area contributed by atoms with Crippen LogP contribution in [-0.2, 0) is 11.2 Å². The van der Waals surface area contributed by atoms with Gasteiger partial charge in [0.05, 0.1) is 6.26 Å². The van der Waals surface area contributed by atoms with Crippen LogP contribution in [-0.4, -0.2) is 23.1 Å². The van der Waals surface area contributed by atoms with E-state index >= 15 is 0 Å². The molecule has 0 amide bonds. The maximum Gasteiger partial charge on any atom is 0.109 e. The van der Waals surface area contributed by atoms with Gasteiger partial charge in [-0.05, 0) is 6.54 Å². The van der Waals surface area contributed by atoms with Gasteiger partial charge in [0.15, 0.2) is 0 Å². The predicted molar refractivity (Wildman–Crippen MR) is 37.2 cm³/mol. The molecule has 0 aliphatic carbocycles. The Labute approximate surface area is 53.6 Å². The Morgan fingerprint density at radius 3 is 2.38 bits per heavy atom. The predicted octanol–water partition coefficient (Wildman–Crippen LogP) is -0.0403. The molecule has 2 unspecified atom stereocenters. The van der Waals surface area contributed by atoms with E-state index in [2.05, 4.69) is 0 Å². The molecule has 0 aromatic rings. The molecule has 8 heavy (non-hydrogen) atoms. The van der Waals surface area contributed by atoms with E-state index in [-0.39, 0.29) is 0 Å². The summed E-state index contributed by atoms with van der Waals surface area (Å²) in [4.78, 5) is 0. The summed E-state index contributed by atoms with van der Waals surface area (Å²) >= 11 is -0.676. The van der Waals surface area contributed by atoms with Crippen molar-refractivity contribution in [2.24, 2.45) is 11.7 Å². The van der Waals surface area contributed by atoms with Gasteiger partial charge in [0.25, 0.3) is 0 Å². The molecule has 2 N–H and O–H groups in total. The van der Waals surface area contributed by atoms with Crippen LogP contribution in [0.1, 0.15) is 6.92 Å². The van der Waals surface area contributed by atoms with Crippen molar-refractivity contribution in [1.29, 1.82) is 0 Å². The van der Waals surface area contributed by atoms with Crippen LogP contribution < -0.4 is 5.73 Å². The zero-order valence-corrected chi connectivity index (χ0v) is 6.20. The third-order valence-corrected chi connectivity index (χ3v) is 1.96. The van der Waals surface area contributed by atoms with Crippen LogP contribution in [0.5, 0.6) is 0 Å². The number of hydrogen-bond acceptors (Lipinski definition) is 2. The van der Waals surface area contributed by atoms with Gasteiger partial charge in [-0.15, -0.1) is 0 Å². The Balaban J connectivity index is 3.10. The lowest BCUT2D eigenvalue weighted by atomic mass is 10.2. The Kier molecular flexibility index (Phi) is 4.32. The van der Waals surface area contributed by atoms with Gasteiger partial charge in [0, 0.05) is 5.92 Å². The van der Waals surface area contributed by atoms with Gasteiger partial charge in [-0.1, -0.05) is 18.1 Å². The first kappa shape index (κ1) is 8.27. The SMILES string of the molecule is CC(CN)C[S+](C)[O-]. The molecule has 2 atom stereocenters. The lowest BCUT2D eigenvalue weighted by Gasteiger charge is -2.08. The van der Waals surface area contributed by atoms with Crippen LogP contribution in [0.4, 0.5) is 0 Å². The van der Waals surface area contributed by atoms with Crippen LogP contribution in [0.2, 0.25) is 0 Å². The summed E-state index contributed by atoms with van der Waals surface area (Å²) in [5.74, 6) is 1.14. The highest BCUT2D eigenvalue weighted by atomic mass is 32.2. The maximum atomic E-state index is 10.5. The van der Waals surface area contributed by atoms with Crippen molar-refractivity contribution in [3.05, 3.63) is 0 Å². The van der Waals surface area contributed by atoms with Crippen molar-refractivity contribution >= 4 is 11.2 Å². The molecular formula is C5H13NOS. The minimum Gasteiger partial charge on any atom is -0.617 e. The minimum absolute atomic E-state index is 0.404. The smallest absolute Gasteiger partial charge is 0.109 e. The fourth-order valence-corrected chi connectivity index (χ4v) is 1.41. The maximum absolute atomic E-state index is 10.5. The average Bonchev–Trinajstić information content (AvgIpc) is 1.65. The van der Waals surface area contributed by atoms with E-state index in [9.17, 15) is 4.55 Å². The molecule has 0 aliphatic heterocycles. The molecule has 0 rings (SSSR count). The molecule has 50 valence electrons. The summed E-state index contributed by atoms with van der Waals surface area (Å²) in [6.07, 6.45) is 1.70.